The second kappa shape index (κ2) is 8.44. The first-order chi connectivity index (χ1) is 8.65. The summed E-state index contributed by atoms with van der Waals surface area (Å²) in [5.74, 6) is -1.25. The molecule has 0 rings (SSSR count). The number of nitrogens with two attached hydrogens (primary N) is 1. The van der Waals surface area contributed by atoms with E-state index >= 15 is 0 Å². The van der Waals surface area contributed by atoms with Gasteiger partial charge in [-0.2, -0.15) is 0 Å². The Kier molecular flexibility index (Phi) is 8.12. The number of carbonyl (C=O) groups is 1. The van der Waals surface area contributed by atoms with E-state index in [4.69, 9.17) is 15.9 Å². The number of carboxylic acids is 1. The van der Waals surface area contributed by atoms with Crippen LogP contribution in [0.5, 0.6) is 0 Å². The van der Waals surface area contributed by atoms with Gasteiger partial charge < -0.3 is 31.3 Å². The van der Waals surface area contributed by atoms with E-state index in [1.807, 2.05) is 13.8 Å². The van der Waals surface area contributed by atoms with Crippen LogP contribution in [0.4, 0.5) is 0 Å². The highest BCUT2D eigenvalue weighted by atomic mass is 16.4. The van der Waals surface area contributed by atoms with Gasteiger partial charge in [-0.1, -0.05) is 13.8 Å². The van der Waals surface area contributed by atoms with Crippen molar-refractivity contribution in [2.24, 2.45) is 11.7 Å². The van der Waals surface area contributed by atoms with E-state index in [0.717, 1.165) is 0 Å². The number of carboxylic acid groups (broad SMARTS) is 1. The standard InChI is InChI=1S/C12H25NO6/c1-6(2)3-9(15)10(16)5-7(14)4-8(13)11(17)12(18)19/h6-11,14-17H,3-5,13H2,1-2H3,(H,18,19)/t7?,8-,9?,10?,11?/m1/s1. The average molecular weight is 279 g/mol. The van der Waals surface area contributed by atoms with Crippen LogP contribution in [0.2, 0.25) is 0 Å². The van der Waals surface area contributed by atoms with Gasteiger partial charge in [0.25, 0.3) is 0 Å². The monoisotopic (exact) mass is 279 g/mol. The highest BCUT2D eigenvalue weighted by Gasteiger charge is 2.27. The number of hydrogen-bond donors (Lipinski definition) is 6. The number of aliphatic carboxylic acids is 1. The molecule has 5 atom stereocenters. The molecule has 0 aliphatic rings. The Bertz CT molecular complexity index is 273. The summed E-state index contributed by atoms with van der Waals surface area (Å²) < 4.78 is 0. The molecule has 7 N–H and O–H groups in total. The summed E-state index contributed by atoms with van der Waals surface area (Å²) in [5.41, 5.74) is 5.42. The summed E-state index contributed by atoms with van der Waals surface area (Å²) in [6.07, 6.45) is -4.78. The molecule has 7 heteroatoms. The second-order valence-electron chi connectivity index (χ2n) is 5.34. The van der Waals surface area contributed by atoms with Crippen molar-refractivity contribution in [1.82, 2.24) is 0 Å². The average Bonchev–Trinajstić information content (AvgIpc) is 2.26. The highest BCUT2D eigenvalue weighted by Crippen LogP contribution is 2.14. The molecule has 0 saturated carbocycles. The van der Waals surface area contributed by atoms with E-state index in [-0.39, 0.29) is 18.8 Å². The lowest BCUT2D eigenvalue weighted by Gasteiger charge is -2.24. The highest BCUT2D eigenvalue weighted by molar-refractivity contribution is 5.72. The van der Waals surface area contributed by atoms with Gasteiger partial charge in [0.05, 0.1) is 18.3 Å². The molecular weight excluding hydrogens is 254 g/mol. The predicted molar refractivity (Wildman–Crippen MR) is 68.3 cm³/mol. The van der Waals surface area contributed by atoms with Crippen molar-refractivity contribution in [1.29, 1.82) is 0 Å². The van der Waals surface area contributed by atoms with E-state index in [1.54, 1.807) is 0 Å². The maximum atomic E-state index is 10.5. The minimum Gasteiger partial charge on any atom is -0.479 e. The zero-order valence-corrected chi connectivity index (χ0v) is 11.3. The quantitative estimate of drug-likeness (QED) is 0.307. The van der Waals surface area contributed by atoms with Crippen LogP contribution in [0.15, 0.2) is 0 Å². The van der Waals surface area contributed by atoms with Gasteiger partial charge in [-0.15, -0.1) is 0 Å². The maximum Gasteiger partial charge on any atom is 0.334 e. The Hall–Kier alpha value is -0.730. The summed E-state index contributed by atoms with van der Waals surface area (Å²) in [6, 6.07) is -1.12. The first-order valence-electron chi connectivity index (χ1n) is 6.35. The molecule has 19 heavy (non-hydrogen) atoms. The zero-order chi connectivity index (χ0) is 15.2. The predicted octanol–water partition coefficient (Wildman–Crippen LogP) is -1.33. The molecule has 114 valence electrons. The van der Waals surface area contributed by atoms with E-state index in [9.17, 15) is 20.1 Å². The molecule has 0 fully saturated rings. The molecule has 0 aliphatic heterocycles. The van der Waals surface area contributed by atoms with Crippen LogP contribution in [0.25, 0.3) is 0 Å². The molecule has 7 nitrogen and oxygen atoms in total. The van der Waals surface area contributed by atoms with Crippen LogP contribution in [0.3, 0.4) is 0 Å². The lowest BCUT2D eigenvalue weighted by atomic mass is 9.95. The number of hydrogen-bond acceptors (Lipinski definition) is 6. The van der Waals surface area contributed by atoms with Crippen molar-refractivity contribution in [3.63, 3.8) is 0 Å². The minimum atomic E-state index is -1.76. The van der Waals surface area contributed by atoms with E-state index in [1.165, 1.54) is 0 Å². The van der Waals surface area contributed by atoms with Gasteiger partial charge in [0.2, 0.25) is 0 Å². The molecule has 0 radical (unpaired) electrons. The lowest BCUT2D eigenvalue weighted by molar-refractivity contribution is -0.148. The van der Waals surface area contributed by atoms with Crippen LogP contribution in [-0.4, -0.2) is 62.0 Å². The summed E-state index contributed by atoms with van der Waals surface area (Å²) in [6.45, 7) is 3.79. The Morgan fingerprint density at radius 2 is 1.47 bits per heavy atom. The van der Waals surface area contributed by atoms with Crippen molar-refractivity contribution in [2.45, 2.75) is 63.6 Å². The van der Waals surface area contributed by atoms with Crippen molar-refractivity contribution in [3.8, 4) is 0 Å². The third-order valence-electron chi connectivity index (χ3n) is 2.87. The van der Waals surface area contributed by atoms with Gasteiger partial charge in [0.1, 0.15) is 0 Å². The summed E-state index contributed by atoms with van der Waals surface area (Å²) >= 11 is 0. The molecule has 0 aromatic rings. The number of aliphatic hydroxyl groups is 4. The van der Waals surface area contributed by atoms with Crippen molar-refractivity contribution >= 4 is 5.97 Å². The Morgan fingerprint density at radius 3 is 1.89 bits per heavy atom. The fourth-order valence-corrected chi connectivity index (χ4v) is 1.80. The van der Waals surface area contributed by atoms with Crippen molar-refractivity contribution in [2.75, 3.05) is 0 Å². The van der Waals surface area contributed by atoms with Gasteiger partial charge in [0.15, 0.2) is 6.10 Å². The van der Waals surface area contributed by atoms with Gasteiger partial charge in [-0.05, 0) is 18.8 Å². The van der Waals surface area contributed by atoms with Gasteiger partial charge in [0, 0.05) is 12.5 Å². The largest absolute Gasteiger partial charge is 0.479 e. The van der Waals surface area contributed by atoms with Crippen LogP contribution < -0.4 is 5.73 Å². The van der Waals surface area contributed by atoms with Crippen molar-refractivity contribution in [3.05, 3.63) is 0 Å². The molecule has 0 amide bonds. The molecule has 0 spiro atoms. The first-order valence-corrected chi connectivity index (χ1v) is 6.35. The second-order valence-corrected chi connectivity index (χ2v) is 5.34. The molecule has 0 saturated heterocycles. The molecule has 0 aromatic carbocycles. The smallest absolute Gasteiger partial charge is 0.334 e. The molecule has 0 bridgehead atoms. The summed E-state index contributed by atoms with van der Waals surface area (Å²) in [5, 5.41) is 46.6. The Labute approximate surface area is 112 Å². The van der Waals surface area contributed by atoms with Crippen LogP contribution in [-0.2, 0) is 4.79 Å². The van der Waals surface area contributed by atoms with E-state index in [2.05, 4.69) is 0 Å². The zero-order valence-electron chi connectivity index (χ0n) is 11.3. The normalized spacial score (nSPS) is 19.8. The topological polar surface area (TPSA) is 144 Å². The molecule has 0 aliphatic carbocycles. The minimum absolute atomic E-state index is 0.117. The first kappa shape index (κ1) is 18.3. The third kappa shape index (κ3) is 7.44. The fourth-order valence-electron chi connectivity index (χ4n) is 1.80. The number of aliphatic hydroxyl groups excluding tert-OH is 4. The fraction of sp³-hybridized carbons (Fsp3) is 0.917. The molecule has 0 aromatic heterocycles. The third-order valence-corrected chi connectivity index (χ3v) is 2.87. The molecular formula is C12H25NO6. The van der Waals surface area contributed by atoms with Crippen LogP contribution in [0, 0.1) is 5.92 Å². The Balaban J connectivity index is 4.16. The van der Waals surface area contributed by atoms with Gasteiger partial charge >= 0.3 is 5.97 Å². The Morgan fingerprint density at radius 1 is 1.00 bits per heavy atom. The lowest BCUT2D eigenvalue weighted by Crippen LogP contribution is -2.43. The van der Waals surface area contributed by atoms with Gasteiger partial charge in [-0.3, -0.25) is 0 Å². The van der Waals surface area contributed by atoms with Crippen LogP contribution >= 0.6 is 0 Å². The van der Waals surface area contributed by atoms with E-state index in [0.29, 0.717) is 6.42 Å². The van der Waals surface area contributed by atoms with E-state index < -0.39 is 36.4 Å². The van der Waals surface area contributed by atoms with Crippen LogP contribution in [0.1, 0.15) is 33.1 Å². The van der Waals surface area contributed by atoms with Crippen molar-refractivity contribution < 1.29 is 30.3 Å². The molecule has 4 unspecified atom stereocenters. The SMILES string of the molecule is CC(C)CC(O)C(O)CC(O)C[C@@H](N)C(O)C(=O)O. The summed E-state index contributed by atoms with van der Waals surface area (Å²) in [4.78, 5) is 10.5. The van der Waals surface area contributed by atoms with Gasteiger partial charge in [-0.25, -0.2) is 4.79 Å². The summed E-state index contributed by atoms with van der Waals surface area (Å²) in [7, 11) is 0. The maximum absolute atomic E-state index is 10.5. The molecule has 0 heterocycles. The number of rotatable bonds is 9.